The Bertz CT molecular complexity index is 249. The van der Waals surface area contributed by atoms with Crippen molar-refractivity contribution in [2.24, 2.45) is 11.8 Å². The molecule has 0 aromatic heterocycles. The Morgan fingerprint density at radius 2 is 2.08 bits per heavy atom. The van der Waals surface area contributed by atoms with Gasteiger partial charge in [0.15, 0.2) is 0 Å². The molecule has 0 bridgehead atoms. The lowest BCUT2D eigenvalue weighted by molar-refractivity contribution is -0.187. The molecule has 1 saturated carbocycles. The molecule has 4 heteroatoms. The number of alkyl halides is 3. The first-order valence-corrected chi connectivity index (χ1v) is 4.08. The fraction of sp³-hybridized carbons (Fsp3) is 0.667. The Hall–Kier alpha value is -0.980. The zero-order chi connectivity index (χ0) is 10.1. The number of rotatable bonds is 0. The van der Waals surface area contributed by atoms with Gasteiger partial charge in [0.05, 0.1) is 17.9 Å². The molecule has 1 aliphatic carbocycles. The Morgan fingerprint density at radius 1 is 1.46 bits per heavy atom. The molecule has 0 N–H and O–H groups in total. The maximum absolute atomic E-state index is 12.3. The number of hydrogen-bond donors (Lipinski definition) is 0. The van der Waals surface area contributed by atoms with Gasteiger partial charge in [-0.25, -0.2) is 0 Å². The van der Waals surface area contributed by atoms with Gasteiger partial charge in [-0.05, 0) is 19.3 Å². The molecule has 0 amide bonds. The zero-order valence-corrected chi connectivity index (χ0v) is 7.06. The molecular formula is C9H10F3N. The van der Waals surface area contributed by atoms with Crippen molar-refractivity contribution in [1.82, 2.24) is 0 Å². The molecule has 0 saturated heterocycles. The second-order valence-corrected chi connectivity index (χ2v) is 3.38. The van der Waals surface area contributed by atoms with Crippen LogP contribution in [-0.4, -0.2) is 6.18 Å². The van der Waals surface area contributed by atoms with Crippen molar-refractivity contribution in [3.63, 3.8) is 0 Å². The molecule has 0 spiro atoms. The molecule has 0 aromatic carbocycles. The van der Waals surface area contributed by atoms with Gasteiger partial charge in [0, 0.05) is 0 Å². The third kappa shape index (κ3) is 2.24. The van der Waals surface area contributed by atoms with E-state index in [0.717, 1.165) is 5.57 Å². The van der Waals surface area contributed by atoms with Crippen LogP contribution >= 0.6 is 0 Å². The van der Waals surface area contributed by atoms with Crippen LogP contribution in [0.15, 0.2) is 12.2 Å². The van der Waals surface area contributed by atoms with E-state index in [9.17, 15) is 13.2 Å². The summed E-state index contributed by atoms with van der Waals surface area (Å²) in [6, 6.07) is 1.71. The van der Waals surface area contributed by atoms with Crippen LogP contribution in [0.5, 0.6) is 0 Å². The van der Waals surface area contributed by atoms with E-state index in [1.54, 1.807) is 6.07 Å². The first-order chi connectivity index (χ1) is 5.95. The van der Waals surface area contributed by atoms with Gasteiger partial charge < -0.3 is 0 Å². The summed E-state index contributed by atoms with van der Waals surface area (Å²) in [6.07, 6.45) is -3.63. The van der Waals surface area contributed by atoms with Gasteiger partial charge in [-0.3, -0.25) is 0 Å². The molecule has 13 heavy (non-hydrogen) atoms. The monoisotopic (exact) mass is 189 g/mol. The summed E-state index contributed by atoms with van der Waals surface area (Å²) in [4.78, 5) is 0. The minimum absolute atomic E-state index is 0.0144. The van der Waals surface area contributed by atoms with Crippen molar-refractivity contribution in [2.75, 3.05) is 0 Å². The van der Waals surface area contributed by atoms with Gasteiger partial charge in [-0.2, -0.15) is 18.4 Å². The Labute approximate surface area is 74.9 Å². The van der Waals surface area contributed by atoms with Gasteiger partial charge in [0.25, 0.3) is 0 Å². The topological polar surface area (TPSA) is 23.8 Å². The highest BCUT2D eigenvalue weighted by Gasteiger charge is 2.46. The van der Waals surface area contributed by atoms with E-state index in [-0.39, 0.29) is 12.8 Å². The zero-order valence-electron chi connectivity index (χ0n) is 7.06. The summed E-state index contributed by atoms with van der Waals surface area (Å²) in [5.74, 6) is -2.38. The van der Waals surface area contributed by atoms with E-state index < -0.39 is 18.0 Å². The third-order valence-electron chi connectivity index (χ3n) is 2.39. The van der Waals surface area contributed by atoms with Crippen LogP contribution in [0.1, 0.15) is 19.3 Å². The lowest BCUT2D eigenvalue weighted by atomic mass is 9.78. The van der Waals surface area contributed by atoms with Crippen molar-refractivity contribution in [2.45, 2.75) is 25.4 Å². The summed E-state index contributed by atoms with van der Waals surface area (Å²) in [6.45, 7) is 3.61. The quantitative estimate of drug-likeness (QED) is 0.537. The molecule has 1 fully saturated rings. The maximum atomic E-state index is 12.3. The lowest BCUT2D eigenvalue weighted by Gasteiger charge is -2.29. The molecule has 1 aliphatic rings. The summed E-state index contributed by atoms with van der Waals surface area (Å²) >= 11 is 0. The molecule has 2 atom stereocenters. The summed E-state index contributed by atoms with van der Waals surface area (Å²) in [5.41, 5.74) is 0.757. The molecule has 0 aromatic rings. The van der Waals surface area contributed by atoms with Gasteiger partial charge in [-0.15, -0.1) is 0 Å². The normalized spacial score (nSPS) is 29.8. The van der Waals surface area contributed by atoms with Crippen LogP contribution in [0.25, 0.3) is 0 Å². The molecule has 2 unspecified atom stereocenters. The second kappa shape index (κ2) is 3.41. The minimum atomic E-state index is -4.24. The SMILES string of the molecule is C=C1CCC(C(F)(F)F)C(C#N)C1. The standard InChI is InChI=1S/C9H10F3N/c1-6-2-3-8(9(10,11)12)7(4-6)5-13/h7-8H,1-4H2. The second-order valence-electron chi connectivity index (χ2n) is 3.38. The fourth-order valence-electron chi connectivity index (χ4n) is 1.64. The highest BCUT2D eigenvalue weighted by molar-refractivity contribution is 5.08. The minimum Gasteiger partial charge on any atom is -0.198 e. The first kappa shape index (κ1) is 10.1. The summed E-state index contributed by atoms with van der Waals surface area (Å²) in [5, 5.41) is 8.55. The van der Waals surface area contributed by atoms with Crippen LogP contribution in [0.2, 0.25) is 0 Å². The molecule has 1 nitrogen and oxygen atoms in total. The van der Waals surface area contributed by atoms with Crippen LogP contribution in [0.3, 0.4) is 0 Å². The van der Waals surface area contributed by atoms with E-state index in [2.05, 4.69) is 6.58 Å². The maximum Gasteiger partial charge on any atom is 0.393 e. The lowest BCUT2D eigenvalue weighted by Crippen LogP contribution is -2.32. The third-order valence-corrected chi connectivity index (χ3v) is 2.39. The molecule has 0 radical (unpaired) electrons. The number of nitriles is 1. The number of allylic oxidation sites excluding steroid dienone is 1. The van der Waals surface area contributed by atoms with Crippen molar-refractivity contribution in [3.8, 4) is 6.07 Å². The Kier molecular flexibility index (Phi) is 2.65. The predicted octanol–water partition coefficient (Wildman–Crippen LogP) is 3.04. The van der Waals surface area contributed by atoms with Crippen LogP contribution in [-0.2, 0) is 0 Å². The summed E-state index contributed by atoms with van der Waals surface area (Å²) < 4.78 is 37.0. The number of nitrogens with zero attached hydrogens (tertiary/aromatic N) is 1. The molecule has 1 rings (SSSR count). The summed E-state index contributed by atoms with van der Waals surface area (Å²) in [7, 11) is 0. The van der Waals surface area contributed by atoms with Crippen molar-refractivity contribution in [1.29, 1.82) is 5.26 Å². The van der Waals surface area contributed by atoms with Gasteiger partial charge in [0.2, 0.25) is 0 Å². The van der Waals surface area contributed by atoms with Gasteiger partial charge in [-0.1, -0.05) is 12.2 Å². The molecule has 0 aliphatic heterocycles. The van der Waals surface area contributed by atoms with Crippen LogP contribution < -0.4 is 0 Å². The average Bonchev–Trinajstić information content (AvgIpc) is 2.01. The van der Waals surface area contributed by atoms with E-state index in [0.29, 0.717) is 6.42 Å². The van der Waals surface area contributed by atoms with Crippen molar-refractivity contribution < 1.29 is 13.2 Å². The smallest absolute Gasteiger partial charge is 0.198 e. The predicted molar refractivity (Wildman–Crippen MR) is 41.6 cm³/mol. The molecular weight excluding hydrogens is 179 g/mol. The number of hydrogen-bond acceptors (Lipinski definition) is 1. The first-order valence-electron chi connectivity index (χ1n) is 4.08. The molecule has 0 heterocycles. The Morgan fingerprint density at radius 3 is 2.54 bits per heavy atom. The van der Waals surface area contributed by atoms with E-state index in [4.69, 9.17) is 5.26 Å². The highest BCUT2D eigenvalue weighted by atomic mass is 19.4. The van der Waals surface area contributed by atoms with E-state index in [1.807, 2.05) is 0 Å². The highest BCUT2D eigenvalue weighted by Crippen LogP contribution is 2.42. The van der Waals surface area contributed by atoms with E-state index in [1.165, 1.54) is 0 Å². The Balaban J connectivity index is 2.76. The van der Waals surface area contributed by atoms with Crippen LogP contribution in [0, 0.1) is 23.2 Å². The number of halogens is 3. The van der Waals surface area contributed by atoms with E-state index >= 15 is 0 Å². The van der Waals surface area contributed by atoms with Gasteiger partial charge in [0.1, 0.15) is 0 Å². The average molecular weight is 189 g/mol. The molecule has 72 valence electrons. The fourth-order valence-corrected chi connectivity index (χ4v) is 1.64. The van der Waals surface area contributed by atoms with Crippen molar-refractivity contribution in [3.05, 3.63) is 12.2 Å². The van der Waals surface area contributed by atoms with Crippen molar-refractivity contribution >= 4 is 0 Å². The largest absolute Gasteiger partial charge is 0.393 e. The van der Waals surface area contributed by atoms with Gasteiger partial charge >= 0.3 is 6.18 Å². The van der Waals surface area contributed by atoms with Crippen LogP contribution in [0.4, 0.5) is 13.2 Å².